The molecule has 1 aromatic heterocycles. The summed E-state index contributed by atoms with van der Waals surface area (Å²) in [5.41, 5.74) is 5.44. The van der Waals surface area contributed by atoms with Crippen LogP contribution in [0.1, 0.15) is 40.0 Å². The second-order valence-corrected chi connectivity index (χ2v) is 11.1. The van der Waals surface area contributed by atoms with Gasteiger partial charge in [0, 0.05) is 54.2 Å². The molecule has 3 aromatic carbocycles. The summed E-state index contributed by atoms with van der Waals surface area (Å²) in [5.74, 6) is -0.454. The molecule has 2 aliphatic rings. The molecule has 41 heavy (non-hydrogen) atoms. The Morgan fingerprint density at radius 2 is 1.71 bits per heavy atom. The normalized spacial score (nSPS) is 16.9. The van der Waals surface area contributed by atoms with Crippen molar-refractivity contribution in [2.75, 3.05) is 49.6 Å². The number of benzene rings is 3. The van der Waals surface area contributed by atoms with Gasteiger partial charge < -0.3 is 24.5 Å². The number of nitrogens with one attached hydrogen (secondary N) is 1. The van der Waals surface area contributed by atoms with Gasteiger partial charge in [0.15, 0.2) is 5.43 Å². The number of hydrogen-bond donors (Lipinski definition) is 2. The molecule has 0 unspecified atom stereocenters. The van der Waals surface area contributed by atoms with E-state index in [0.29, 0.717) is 34.0 Å². The number of carboxylic acids is 1. The Bertz CT molecular complexity index is 1650. The van der Waals surface area contributed by atoms with Crippen LogP contribution in [0, 0.1) is 13.8 Å². The Labute approximate surface area is 239 Å². The van der Waals surface area contributed by atoms with E-state index < -0.39 is 5.97 Å². The first-order valence-electron chi connectivity index (χ1n) is 14.1. The van der Waals surface area contributed by atoms with Crippen LogP contribution in [-0.2, 0) is 4.74 Å². The van der Waals surface area contributed by atoms with Crippen LogP contribution < -0.4 is 15.6 Å². The Hall–Kier alpha value is -4.14. The third-order valence-corrected chi connectivity index (χ3v) is 8.33. The predicted molar refractivity (Wildman–Crippen MR) is 161 cm³/mol. The number of carbonyl (C=O) groups is 1. The molecule has 0 saturated carbocycles. The Balaban J connectivity index is 1.31. The van der Waals surface area contributed by atoms with Crippen molar-refractivity contribution < 1.29 is 19.1 Å². The quantitative estimate of drug-likeness (QED) is 0.311. The molecule has 3 heterocycles. The molecule has 2 fully saturated rings. The van der Waals surface area contributed by atoms with E-state index in [4.69, 9.17) is 9.15 Å². The van der Waals surface area contributed by atoms with Crippen molar-refractivity contribution in [1.82, 2.24) is 4.90 Å². The number of hydrogen-bond acceptors (Lipinski definition) is 7. The number of piperazine rings is 1. The average Bonchev–Trinajstić information content (AvgIpc) is 2.94. The van der Waals surface area contributed by atoms with E-state index in [0.717, 1.165) is 61.8 Å². The van der Waals surface area contributed by atoms with Crippen molar-refractivity contribution in [3.63, 3.8) is 0 Å². The highest BCUT2D eigenvalue weighted by molar-refractivity contribution is 5.94. The topological polar surface area (TPSA) is 95.2 Å². The molecular weight excluding hydrogens is 518 g/mol. The highest BCUT2D eigenvalue weighted by Gasteiger charge is 2.29. The Morgan fingerprint density at radius 3 is 2.37 bits per heavy atom. The van der Waals surface area contributed by atoms with Gasteiger partial charge >= 0.3 is 5.97 Å². The molecule has 0 amide bonds. The fourth-order valence-electron chi connectivity index (χ4n) is 5.87. The molecular formula is C33H35N3O5. The number of para-hydroxylation sites is 1. The molecule has 2 aliphatic heterocycles. The van der Waals surface area contributed by atoms with Crippen molar-refractivity contribution in [2.24, 2.45) is 0 Å². The number of rotatable bonds is 7. The molecule has 0 spiro atoms. The second-order valence-electron chi connectivity index (χ2n) is 11.1. The van der Waals surface area contributed by atoms with Crippen molar-refractivity contribution in [3.05, 3.63) is 93.1 Å². The van der Waals surface area contributed by atoms with Crippen LogP contribution in [-0.4, -0.2) is 61.4 Å². The number of fused-ring (bicyclic) bond motifs is 1. The lowest BCUT2D eigenvalue weighted by molar-refractivity contribution is -0.0660. The fraction of sp³-hybridized carbons (Fsp3) is 0.333. The molecule has 2 N–H and O–H groups in total. The van der Waals surface area contributed by atoms with E-state index in [1.165, 1.54) is 0 Å². The zero-order chi connectivity index (χ0) is 28.7. The maximum Gasteiger partial charge on any atom is 0.337 e. The minimum absolute atomic E-state index is 0.0653. The first-order chi connectivity index (χ1) is 19.8. The van der Waals surface area contributed by atoms with Gasteiger partial charge in [0.1, 0.15) is 11.3 Å². The first kappa shape index (κ1) is 27.1. The summed E-state index contributed by atoms with van der Waals surface area (Å²) in [4.78, 5) is 30.3. The largest absolute Gasteiger partial charge is 0.478 e. The van der Waals surface area contributed by atoms with Gasteiger partial charge in [-0.3, -0.25) is 9.69 Å². The fourth-order valence-corrected chi connectivity index (χ4v) is 5.87. The maximum atomic E-state index is 13.6. The number of carboxylic acid groups (broad SMARTS) is 1. The summed E-state index contributed by atoms with van der Waals surface area (Å²) in [6.07, 6.45) is 0. The van der Waals surface area contributed by atoms with Gasteiger partial charge in [-0.2, -0.15) is 0 Å². The lowest BCUT2D eigenvalue weighted by Crippen LogP contribution is -2.56. The van der Waals surface area contributed by atoms with Gasteiger partial charge in [-0.05, 0) is 68.8 Å². The van der Waals surface area contributed by atoms with E-state index in [1.54, 1.807) is 24.3 Å². The van der Waals surface area contributed by atoms with E-state index in [2.05, 4.69) is 27.2 Å². The van der Waals surface area contributed by atoms with Crippen LogP contribution in [0.2, 0.25) is 0 Å². The second kappa shape index (κ2) is 11.0. The molecule has 4 aromatic rings. The van der Waals surface area contributed by atoms with E-state index in [1.807, 2.05) is 45.0 Å². The number of nitrogens with zero attached hydrogens (tertiary/aromatic N) is 2. The first-order valence-corrected chi connectivity index (χ1v) is 14.1. The summed E-state index contributed by atoms with van der Waals surface area (Å²) in [7, 11) is 0. The van der Waals surface area contributed by atoms with Crippen LogP contribution in [0.4, 0.5) is 11.4 Å². The third-order valence-electron chi connectivity index (χ3n) is 8.33. The molecule has 0 bridgehead atoms. The summed E-state index contributed by atoms with van der Waals surface area (Å²) >= 11 is 0. The van der Waals surface area contributed by atoms with E-state index in [9.17, 15) is 14.7 Å². The van der Waals surface area contributed by atoms with Crippen LogP contribution >= 0.6 is 0 Å². The Morgan fingerprint density at radius 1 is 1.00 bits per heavy atom. The molecule has 0 radical (unpaired) electrons. The van der Waals surface area contributed by atoms with Gasteiger partial charge in [0.25, 0.3) is 0 Å². The molecule has 212 valence electrons. The predicted octanol–water partition coefficient (Wildman–Crippen LogP) is 5.47. The SMILES string of the molecule is Cc1cc([C@@H](C)Nc2ccccc2C(=O)O)c2oc(-c3ccc(N4CCN(C5COC5)CC4)cc3)c(C)c(=O)c2c1. The molecule has 2 saturated heterocycles. The summed E-state index contributed by atoms with van der Waals surface area (Å²) < 4.78 is 11.9. The van der Waals surface area contributed by atoms with Crippen molar-refractivity contribution in [1.29, 1.82) is 0 Å². The Kier molecular flexibility index (Phi) is 7.28. The number of aryl methyl sites for hydroxylation is 1. The van der Waals surface area contributed by atoms with Gasteiger partial charge in [0.2, 0.25) is 0 Å². The van der Waals surface area contributed by atoms with Crippen LogP contribution in [0.5, 0.6) is 0 Å². The van der Waals surface area contributed by atoms with Crippen molar-refractivity contribution >= 4 is 28.3 Å². The van der Waals surface area contributed by atoms with Gasteiger partial charge in [-0.25, -0.2) is 4.79 Å². The average molecular weight is 554 g/mol. The van der Waals surface area contributed by atoms with E-state index >= 15 is 0 Å². The smallest absolute Gasteiger partial charge is 0.337 e. The number of anilines is 2. The highest BCUT2D eigenvalue weighted by Crippen LogP contribution is 2.33. The molecule has 8 heteroatoms. The third kappa shape index (κ3) is 5.21. The highest BCUT2D eigenvalue weighted by atomic mass is 16.5. The summed E-state index contributed by atoms with van der Waals surface area (Å²) in [6.45, 7) is 11.4. The molecule has 1 atom stereocenters. The minimum Gasteiger partial charge on any atom is -0.478 e. The van der Waals surface area contributed by atoms with Crippen LogP contribution in [0.25, 0.3) is 22.3 Å². The molecule has 8 nitrogen and oxygen atoms in total. The standard InChI is InChI=1S/C33H35N3O5/c1-20-16-27(22(3)34-29-7-5-4-6-26(29)33(38)39)32-28(17-20)30(37)21(2)31(41-32)23-8-10-24(11-9-23)35-12-14-36(15-13-35)25-18-40-19-25/h4-11,16-17,22,25,34H,12-15,18-19H2,1-3H3,(H,38,39)/t22-/m1/s1. The zero-order valence-electron chi connectivity index (χ0n) is 23.6. The monoisotopic (exact) mass is 553 g/mol. The van der Waals surface area contributed by atoms with Gasteiger partial charge in [-0.1, -0.05) is 18.2 Å². The van der Waals surface area contributed by atoms with E-state index in [-0.39, 0.29) is 17.0 Å². The van der Waals surface area contributed by atoms with Gasteiger partial charge in [-0.15, -0.1) is 0 Å². The zero-order valence-corrected chi connectivity index (χ0v) is 23.6. The molecule has 6 rings (SSSR count). The minimum atomic E-state index is -1.00. The van der Waals surface area contributed by atoms with Crippen LogP contribution in [0.3, 0.4) is 0 Å². The summed E-state index contributed by atoms with van der Waals surface area (Å²) in [6, 6.07) is 19.2. The van der Waals surface area contributed by atoms with Crippen molar-refractivity contribution in [2.45, 2.75) is 32.9 Å². The number of ether oxygens (including phenoxy) is 1. The maximum absolute atomic E-state index is 13.6. The van der Waals surface area contributed by atoms with Crippen LogP contribution in [0.15, 0.2) is 69.9 Å². The lowest BCUT2D eigenvalue weighted by Gasteiger charge is -2.43. The van der Waals surface area contributed by atoms with Crippen molar-refractivity contribution in [3.8, 4) is 11.3 Å². The molecule has 0 aliphatic carbocycles. The van der Waals surface area contributed by atoms with Gasteiger partial charge in [0.05, 0.1) is 36.2 Å². The lowest BCUT2D eigenvalue weighted by atomic mass is 9.98. The number of aromatic carboxylic acids is 1. The summed E-state index contributed by atoms with van der Waals surface area (Å²) in [5, 5.41) is 13.5.